The van der Waals surface area contributed by atoms with Crippen molar-refractivity contribution in [3.8, 4) is 11.3 Å². The van der Waals surface area contributed by atoms with Crippen LogP contribution in [0.4, 0.5) is 11.5 Å². The standard InChI is InChI=1S/C21H21N5O/c27-21(23-18-7-4-12-22-15-18)17-10-13-26(14-11-17)20-9-8-19(24-25-20)16-5-2-1-3-6-16/h1-9,12,15,17H,10-11,13-14H2,(H,23,27). The molecule has 1 saturated heterocycles. The predicted molar refractivity (Wildman–Crippen MR) is 105 cm³/mol. The maximum atomic E-state index is 12.4. The molecule has 0 bridgehead atoms. The number of rotatable bonds is 4. The van der Waals surface area contributed by atoms with Crippen molar-refractivity contribution in [2.45, 2.75) is 12.8 Å². The van der Waals surface area contributed by atoms with Crippen LogP contribution in [0.5, 0.6) is 0 Å². The predicted octanol–water partition coefficient (Wildman–Crippen LogP) is 3.39. The van der Waals surface area contributed by atoms with Crippen LogP contribution in [0, 0.1) is 5.92 Å². The van der Waals surface area contributed by atoms with E-state index in [1.807, 2.05) is 54.6 Å². The maximum absolute atomic E-state index is 12.4. The summed E-state index contributed by atoms with van der Waals surface area (Å²) in [4.78, 5) is 18.6. The summed E-state index contributed by atoms with van der Waals surface area (Å²) in [6.07, 6.45) is 4.96. The van der Waals surface area contributed by atoms with Crippen LogP contribution in [0.2, 0.25) is 0 Å². The molecule has 136 valence electrons. The Bertz CT molecular complexity index is 875. The number of nitrogens with one attached hydrogen (secondary N) is 1. The average molecular weight is 359 g/mol. The van der Waals surface area contributed by atoms with Crippen LogP contribution in [0.15, 0.2) is 67.0 Å². The number of piperidine rings is 1. The van der Waals surface area contributed by atoms with Gasteiger partial charge in [0.05, 0.1) is 17.6 Å². The van der Waals surface area contributed by atoms with Gasteiger partial charge in [-0.1, -0.05) is 30.3 Å². The zero-order valence-electron chi connectivity index (χ0n) is 15.0. The van der Waals surface area contributed by atoms with E-state index in [4.69, 9.17) is 0 Å². The molecule has 0 saturated carbocycles. The molecule has 1 amide bonds. The molecule has 1 N–H and O–H groups in total. The van der Waals surface area contributed by atoms with Gasteiger partial charge in [0.2, 0.25) is 5.91 Å². The highest BCUT2D eigenvalue weighted by Crippen LogP contribution is 2.24. The highest BCUT2D eigenvalue weighted by atomic mass is 16.1. The van der Waals surface area contributed by atoms with Gasteiger partial charge in [0.1, 0.15) is 0 Å². The smallest absolute Gasteiger partial charge is 0.227 e. The van der Waals surface area contributed by atoms with Crippen molar-refractivity contribution in [1.82, 2.24) is 15.2 Å². The number of carbonyl (C=O) groups excluding carboxylic acids is 1. The number of aromatic nitrogens is 3. The fourth-order valence-corrected chi connectivity index (χ4v) is 3.31. The van der Waals surface area contributed by atoms with E-state index in [1.54, 1.807) is 12.4 Å². The molecule has 1 aromatic carbocycles. The minimum absolute atomic E-state index is 0.0120. The van der Waals surface area contributed by atoms with Crippen molar-refractivity contribution in [3.63, 3.8) is 0 Å². The number of anilines is 2. The fraction of sp³-hybridized carbons (Fsp3) is 0.238. The molecule has 2 aromatic heterocycles. The van der Waals surface area contributed by atoms with Crippen LogP contribution in [-0.2, 0) is 4.79 Å². The quantitative estimate of drug-likeness (QED) is 0.773. The molecule has 0 radical (unpaired) electrons. The summed E-state index contributed by atoms with van der Waals surface area (Å²) in [5.41, 5.74) is 2.67. The Labute approximate surface area is 158 Å². The number of benzene rings is 1. The van der Waals surface area contributed by atoms with Crippen molar-refractivity contribution in [3.05, 3.63) is 67.0 Å². The summed E-state index contributed by atoms with van der Waals surface area (Å²) < 4.78 is 0. The van der Waals surface area contributed by atoms with Gasteiger partial charge in [-0.3, -0.25) is 9.78 Å². The zero-order valence-corrected chi connectivity index (χ0v) is 15.0. The third-order valence-electron chi connectivity index (χ3n) is 4.84. The number of nitrogens with zero attached hydrogens (tertiary/aromatic N) is 4. The Balaban J connectivity index is 1.34. The summed E-state index contributed by atoms with van der Waals surface area (Å²) >= 11 is 0. The zero-order chi connectivity index (χ0) is 18.5. The van der Waals surface area contributed by atoms with Gasteiger partial charge in [0.15, 0.2) is 5.82 Å². The molecule has 3 aromatic rings. The number of amides is 1. The molecule has 1 aliphatic rings. The van der Waals surface area contributed by atoms with Crippen LogP contribution in [0.3, 0.4) is 0 Å². The molecular weight excluding hydrogens is 338 g/mol. The normalized spacial score (nSPS) is 14.7. The maximum Gasteiger partial charge on any atom is 0.227 e. The number of hydrogen-bond donors (Lipinski definition) is 1. The van der Waals surface area contributed by atoms with E-state index in [-0.39, 0.29) is 11.8 Å². The average Bonchev–Trinajstić information content (AvgIpc) is 2.75. The van der Waals surface area contributed by atoms with E-state index in [0.29, 0.717) is 0 Å². The van der Waals surface area contributed by atoms with Gasteiger partial charge in [-0.2, -0.15) is 0 Å². The van der Waals surface area contributed by atoms with Crippen molar-refractivity contribution in [1.29, 1.82) is 0 Å². The van der Waals surface area contributed by atoms with E-state index in [1.165, 1.54) is 0 Å². The highest BCUT2D eigenvalue weighted by Gasteiger charge is 2.25. The molecule has 1 aliphatic heterocycles. The SMILES string of the molecule is O=C(Nc1cccnc1)C1CCN(c2ccc(-c3ccccc3)nn2)CC1. The van der Waals surface area contributed by atoms with Crippen molar-refractivity contribution in [2.75, 3.05) is 23.3 Å². The third-order valence-corrected chi connectivity index (χ3v) is 4.84. The molecule has 6 nitrogen and oxygen atoms in total. The van der Waals surface area contributed by atoms with E-state index in [2.05, 4.69) is 25.4 Å². The van der Waals surface area contributed by atoms with Crippen molar-refractivity contribution in [2.24, 2.45) is 5.92 Å². The van der Waals surface area contributed by atoms with Gasteiger partial charge in [0, 0.05) is 30.8 Å². The molecule has 27 heavy (non-hydrogen) atoms. The van der Waals surface area contributed by atoms with Crippen LogP contribution < -0.4 is 10.2 Å². The monoisotopic (exact) mass is 359 g/mol. The van der Waals surface area contributed by atoms with Gasteiger partial charge >= 0.3 is 0 Å². The number of carbonyl (C=O) groups is 1. The van der Waals surface area contributed by atoms with Gasteiger partial charge in [-0.05, 0) is 37.1 Å². The summed E-state index contributed by atoms with van der Waals surface area (Å²) in [5.74, 6) is 0.937. The van der Waals surface area contributed by atoms with Crippen LogP contribution in [0.25, 0.3) is 11.3 Å². The minimum atomic E-state index is 0.0120. The molecule has 0 spiro atoms. The Kier molecular flexibility index (Phi) is 5.05. The van der Waals surface area contributed by atoms with E-state index >= 15 is 0 Å². The molecule has 6 heteroatoms. The summed E-state index contributed by atoms with van der Waals surface area (Å²) in [6.45, 7) is 1.59. The van der Waals surface area contributed by atoms with E-state index in [0.717, 1.165) is 48.7 Å². The fourth-order valence-electron chi connectivity index (χ4n) is 3.31. The van der Waals surface area contributed by atoms with Gasteiger partial charge in [-0.15, -0.1) is 10.2 Å². The van der Waals surface area contributed by atoms with Crippen molar-refractivity contribution < 1.29 is 4.79 Å². The molecule has 0 unspecified atom stereocenters. The lowest BCUT2D eigenvalue weighted by molar-refractivity contribution is -0.120. The lowest BCUT2D eigenvalue weighted by Crippen LogP contribution is -2.38. The lowest BCUT2D eigenvalue weighted by Gasteiger charge is -2.31. The first-order valence-corrected chi connectivity index (χ1v) is 9.14. The molecule has 3 heterocycles. The van der Waals surface area contributed by atoms with Crippen molar-refractivity contribution >= 4 is 17.4 Å². The third kappa shape index (κ3) is 4.11. The van der Waals surface area contributed by atoms with Crippen LogP contribution in [0.1, 0.15) is 12.8 Å². The summed E-state index contributed by atoms with van der Waals surface area (Å²) in [5, 5.41) is 11.7. The van der Waals surface area contributed by atoms with Gasteiger partial charge < -0.3 is 10.2 Å². The molecule has 4 rings (SSSR count). The second-order valence-electron chi connectivity index (χ2n) is 6.64. The van der Waals surface area contributed by atoms with E-state index < -0.39 is 0 Å². The Hall–Kier alpha value is -3.28. The Morgan fingerprint density at radius 1 is 0.963 bits per heavy atom. The van der Waals surface area contributed by atoms with Gasteiger partial charge in [0.25, 0.3) is 0 Å². The lowest BCUT2D eigenvalue weighted by atomic mass is 9.96. The van der Waals surface area contributed by atoms with E-state index in [9.17, 15) is 4.79 Å². The van der Waals surface area contributed by atoms with Crippen LogP contribution >= 0.6 is 0 Å². The number of pyridine rings is 1. The summed E-state index contributed by atoms with van der Waals surface area (Å²) in [7, 11) is 0. The molecule has 0 aliphatic carbocycles. The first-order valence-electron chi connectivity index (χ1n) is 9.14. The number of hydrogen-bond acceptors (Lipinski definition) is 5. The first kappa shape index (κ1) is 17.1. The second kappa shape index (κ2) is 7.95. The Morgan fingerprint density at radius 2 is 1.78 bits per heavy atom. The topological polar surface area (TPSA) is 71.0 Å². The minimum Gasteiger partial charge on any atom is -0.355 e. The van der Waals surface area contributed by atoms with Crippen LogP contribution in [-0.4, -0.2) is 34.2 Å². The largest absolute Gasteiger partial charge is 0.355 e. The molecule has 0 atom stereocenters. The summed E-state index contributed by atoms with van der Waals surface area (Å²) in [6, 6.07) is 17.7. The second-order valence-corrected chi connectivity index (χ2v) is 6.64. The molecular formula is C21H21N5O. The molecule has 1 fully saturated rings. The van der Waals surface area contributed by atoms with Gasteiger partial charge in [-0.25, -0.2) is 0 Å². The Morgan fingerprint density at radius 3 is 2.44 bits per heavy atom. The highest BCUT2D eigenvalue weighted by molar-refractivity contribution is 5.92. The first-order chi connectivity index (χ1) is 13.3.